The highest BCUT2D eigenvalue weighted by atomic mass is 15.5. The molecule has 4 heterocycles. The van der Waals surface area contributed by atoms with Crippen LogP contribution in [0.4, 0.5) is 11.4 Å². The SMILES string of the molecule is C1=C(c2ccc3c(c2)-c2cc(-c4ccc(-n5c6ccccc6c6ccccc65)cc4)ccc2[N+]32CC2)CCC(n2c3ccccc3c3ccccc32)=C1. The van der Waals surface area contributed by atoms with Crippen LogP contribution in [0.25, 0.3) is 82.8 Å². The molecule has 0 bridgehead atoms. The maximum absolute atomic E-state index is 2.49. The minimum Gasteiger partial charge on any atom is -0.313 e. The predicted octanol–water partition coefficient (Wildman–Crippen LogP) is 12.9. The van der Waals surface area contributed by atoms with Crippen molar-refractivity contribution < 1.29 is 0 Å². The molecule has 0 unspecified atom stereocenters. The number of fused-ring (bicyclic) bond motifs is 11. The van der Waals surface area contributed by atoms with Gasteiger partial charge in [0.25, 0.3) is 0 Å². The third-order valence-corrected chi connectivity index (χ3v) is 12.3. The summed E-state index contributed by atoms with van der Waals surface area (Å²) in [6.07, 6.45) is 6.77. The molecule has 1 aliphatic carbocycles. The normalized spacial score (nSPS) is 15.6. The quantitative estimate of drug-likeness (QED) is 0.130. The molecule has 2 aromatic heterocycles. The van der Waals surface area contributed by atoms with E-state index in [4.69, 9.17) is 0 Å². The van der Waals surface area contributed by atoms with E-state index >= 15 is 0 Å². The monoisotopic (exact) mass is 678 g/mol. The lowest BCUT2D eigenvalue weighted by Crippen LogP contribution is -2.15. The van der Waals surface area contributed by atoms with Crippen molar-refractivity contribution in [2.45, 2.75) is 12.8 Å². The van der Waals surface area contributed by atoms with Crippen molar-refractivity contribution >= 4 is 66.3 Å². The fourth-order valence-corrected chi connectivity index (χ4v) is 9.63. The van der Waals surface area contributed by atoms with Gasteiger partial charge in [-0.1, -0.05) is 91.0 Å². The van der Waals surface area contributed by atoms with Crippen molar-refractivity contribution in [1.29, 1.82) is 0 Å². The topological polar surface area (TPSA) is 9.86 Å². The van der Waals surface area contributed by atoms with Crippen LogP contribution in [0.5, 0.6) is 0 Å². The van der Waals surface area contributed by atoms with E-state index in [-0.39, 0.29) is 0 Å². The molecule has 0 radical (unpaired) electrons. The second kappa shape index (κ2) is 10.8. The Balaban J connectivity index is 0.908. The molecule has 9 aromatic rings. The van der Waals surface area contributed by atoms with E-state index in [1.807, 2.05) is 0 Å². The Bertz CT molecular complexity index is 2950. The molecule has 1 saturated heterocycles. The third-order valence-electron chi connectivity index (χ3n) is 12.3. The number of hydrogen-bond donors (Lipinski definition) is 0. The highest BCUT2D eigenvalue weighted by Gasteiger charge is 2.54. The summed E-state index contributed by atoms with van der Waals surface area (Å²) >= 11 is 0. The predicted molar refractivity (Wildman–Crippen MR) is 224 cm³/mol. The summed E-state index contributed by atoms with van der Waals surface area (Å²) in [6.45, 7) is 2.36. The fourth-order valence-electron chi connectivity index (χ4n) is 9.63. The van der Waals surface area contributed by atoms with Crippen molar-refractivity contribution in [3.05, 3.63) is 175 Å². The van der Waals surface area contributed by atoms with Gasteiger partial charge in [0.15, 0.2) is 0 Å². The Morgan fingerprint density at radius 3 is 1.38 bits per heavy atom. The smallest absolute Gasteiger partial charge is 0.146 e. The first kappa shape index (κ1) is 29.2. The van der Waals surface area contributed by atoms with Crippen LogP contribution in [0.15, 0.2) is 170 Å². The number of benzene rings is 7. The molecule has 3 aliphatic rings. The Labute approximate surface area is 308 Å². The van der Waals surface area contributed by atoms with Gasteiger partial charge in [-0.05, 0) is 102 Å². The number of aromatic nitrogens is 2. The molecule has 1 spiro atoms. The van der Waals surface area contributed by atoms with Gasteiger partial charge in [-0.15, -0.1) is 0 Å². The fraction of sp³-hybridized carbons (Fsp3) is 0.0800. The van der Waals surface area contributed by atoms with Gasteiger partial charge in [-0.25, -0.2) is 4.48 Å². The standard InChI is InChI=1S/C50H36N3/c1-5-13-45-39(9-1)40-10-2-6-14-46(40)51(45)37-23-17-33(18-24-37)35-21-27-49-43(31-35)44-32-36(22-28-50(44)53(49)29-30-53)34-19-25-38(26-20-34)52-47-15-7-3-11-41(47)42-12-4-8-16-48(42)52/h1-19,21-25,27-28,31-32H,20,26,29-30H2/q+1. The average Bonchev–Trinajstić information content (AvgIpc) is 3.78. The molecule has 250 valence electrons. The molecule has 0 saturated carbocycles. The average molecular weight is 679 g/mol. The first-order valence-corrected chi connectivity index (χ1v) is 18.9. The van der Waals surface area contributed by atoms with Gasteiger partial charge in [-0.2, -0.15) is 0 Å². The van der Waals surface area contributed by atoms with E-state index in [9.17, 15) is 0 Å². The summed E-state index contributed by atoms with van der Waals surface area (Å²) in [5.41, 5.74) is 18.6. The van der Waals surface area contributed by atoms with Crippen LogP contribution in [-0.2, 0) is 0 Å². The Morgan fingerprint density at radius 1 is 0.396 bits per heavy atom. The van der Waals surface area contributed by atoms with Crippen LogP contribution in [0.1, 0.15) is 18.4 Å². The summed E-state index contributed by atoms with van der Waals surface area (Å²) in [6, 6.07) is 58.7. The summed E-state index contributed by atoms with van der Waals surface area (Å²) in [5.74, 6) is 0. The van der Waals surface area contributed by atoms with Gasteiger partial charge >= 0.3 is 0 Å². The minimum absolute atomic E-state index is 0.995. The Hall–Kier alpha value is -6.42. The lowest BCUT2D eigenvalue weighted by molar-refractivity contribution is 0.762. The van der Waals surface area contributed by atoms with Gasteiger partial charge in [0.05, 0.1) is 22.1 Å². The van der Waals surface area contributed by atoms with Crippen LogP contribution in [0.3, 0.4) is 0 Å². The minimum atomic E-state index is 0.995. The molecule has 3 nitrogen and oxygen atoms in total. The van der Waals surface area contributed by atoms with Crippen molar-refractivity contribution in [2.75, 3.05) is 13.1 Å². The van der Waals surface area contributed by atoms with Crippen LogP contribution in [0.2, 0.25) is 0 Å². The number of quaternary nitrogens is 1. The number of para-hydroxylation sites is 4. The maximum atomic E-state index is 2.49. The maximum Gasteiger partial charge on any atom is 0.146 e. The zero-order valence-electron chi connectivity index (χ0n) is 29.3. The van der Waals surface area contributed by atoms with Gasteiger partial charge < -0.3 is 9.13 Å². The van der Waals surface area contributed by atoms with Crippen molar-refractivity contribution in [3.8, 4) is 27.9 Å². The molecule has 0 N–H and O–H groups in total. The van der Waals surface area contributed by atoms with Crippen molar-refractivity contribution in [2.24, 2.45) is 0 Å². The molecule has 2 aliphatic heterocycles. The zero-order chi connectivity index (χ0) is 34.7. The molecule has 53 heavy (non-hydrogen) atoms. The molecular formula is C50H36N3+. The molecule has 0 atom stereocenters. The van der Waals surface area contributed by atoms with E-state index in [1.165, 1.54) is 113 Å². The molecule has 7 aromatic carbocycles. The summed E-state index contributed by atoms with van der Waals surface area (Å²) in [7, 11) is 0. The second-order valence-electron chi connectivity index (χ2n) is 15.0. The second-order valence-corrected chi connectivity index (χ2v) is 15.0. The van der Waals surface area contributed by atoms with Gasteiger partial charge in [0.1, 0.15) is 24.5 Å². The van der Waals surface area contributed by atoms with Gasteiger partial charge in [-0.3, -0.25) is 0 Å². The number of allylic oxidation sites excluding steroid dienone is 4. The molecule has 3 heteroatoms. The van der Waals surface area contributed by atoms with Crippen LogP contribution < -0.4 is 4.48 Å². The molecule has 12 rings (SSSR count). The van der Waals surface area contributed by atoms with Gasteiger partial charge in [0.2, 0.25) is 0 Å². The lowest BCUT2D eigenvalue weighted by Gasteiger charge is -2.18. The zero-order valence-corrected chi connectivity index (χ0v) is 29.3. The van der Waals surface area contributed by atoms with Crippen LogP contribution in [-0.4, -0.2) is 22.2 Å². The summed E-state index contributed by atoms with van der Waals surface area (Å²) in [4.78, 5) is 0. The Morgan fingerprint density at radius 2 is 0.868 bits per heavy atom. The highest BCUT2D eigenvalue weighted by Crippen LogP contribution is 2.58. The number of hydrogen-bond acceptors (Lipinski definition) is 0. The first-order valence-electron chi connectivity index (χ1n) is 18.9. The first-order chi connectivity index (χ1) is 26.2. The van der Waals surface area contributed by atoms with Crippen LogP contribution in [0, 0.1) is 0 Å². The summed E-state index contributed by atoms with van der Waals surface area (Å²) < 4.78 is 5.86. The van der Waals surface area contributed by atoms with E-state index < -0.39 is 0 Å². The van der Waals surface area contributed by atoms with Crippen molar-refractivity contribution in [1.82, 2.24) is 13.6 Å². The van der Waals surface area contributed by atoms with E-state index in [2.05, 4.69) is 179 Å². The molecule has 1 fully saturated rings. The lowest BCUT2D eigenvalue weighted by atomic mass is 9.92. The Kier molecular flexibility index (Phi) is 5.95. The third kappa shape index (κ3) is 4.14. The number of rotatable bonds is 4. The van der Waals surface area contributed by atoms with Gasteiger partial charge in [0, 0.05) is 56.2 Å². The van der Waals surface area contributed by atoms with Crippen molar-refractivity contribution in [3.63, 3.8) is 0 Å². The van der Waals surface area contributed by atoms with Crippen LogP contribution >= 0.6 is 0 Å². The van der Waals surface area contributed by atoms with E-state index in [1.54, 1.807) is 0 Å². The number of nitrogens with zero attached hydrogens (tertiary/aromatic N) is 3. The molecule has 0 amide bonds. The largest absolute Gasteiger partial charge is 0.313 e. The van der Waals surface area contributed by atoms with E-state index in [0.717, 1.165) is 17.3 Å². The highest BCUT2D eigenvalue weighted by molar-refractivity contribution is 6.11. The molecular weight excluding hydrogens is 643 g/mol. The summed E-state index contributed by atoms with van der Waals surface area (Å²) in [5, 5.41) is 5.22. The van der Waals surface area contributed by atoms with E-state index in [0.29, 0.717) is 0 Å².